The second kappa shape index (κ2) is 8.38. The summed E-state index contributed by atoms with van der Waals surface area (Å²) in [4.78, 5) is 0. The highest BCUT2D eigenvalue weighted by atomic mass is 16.5. The molecule has 0 aromatic heterocycles. The first-order valence-corrected chi connectivity index (χ1v) is 7.16. The molecule has 2 unspecified atom stereocenters. The Bertz CT molecular complexity index is 472. The number of hydrogen-bond acceptors (Lipinski definition) is 5. The van der Waals surface area contributed by atoms with Gasteiger partial charge in [0.2, 0.25) is 5.75 Å². The second-order valence-electron chi connectivity index (χ2n) is 4.85. The minimum Gasteiger partial charge on any atom is -0.493 e. The predicted octanol–water partition coefficient (Wildman–Crippen LogP) is 2.66. The average Bonchev–Trinajstić information content (AvgIpc) is 2.52. The lowest BCUT2D eigenvalue weighted by Crippen LogP contribution is -2.21. The van der Waals surface area contributed by atoms with Gasteiger partial charge in [-0.25, -0.2) is 0 Å². The highest BCUT2D eigenvalue weighted by molar-refractivity contribution is 5.54. The van der Waals surface area contributed by atoms with Crippen LogP contribution in [0.5, 0.6) is 17.2 Å². The minimum absolute atomic E-state index is 0.0914. The lowest BCUT2D eigenvalue weighted by atomic mass is 10.0. The SMILES string of the molecule is CCC(N)Cc1cc(OC)c(OC(C#N)CC)c(OC)c1. The summed E-state index contributed by atoms with van der Waals surface area (Å²) in [6.45, 7) is 3.94. The standard InChI is InChI=1S/C16H24N2O3/c1-5-12(18)7-11-8-14(19-3)16(15(9-11)20-4)21-13(6-2)10-17/h8-9,12-13H,5-7,18H2,1-4H3. The van der Waals surface area contributed by atoms with Gasteiger partial charge in [0, 0.05) is 6.04 Å². The molecule has 0 heterocycles. The minimum atomic E-state index is -0.531. The van der Waals surface area contributed by atoms with Crippen molar-refractivity contribution in [2.75, 3.05) is 14.2 Å². The van der Waals surface area contributed by atoms with Gasteiger partial charge in [0.1, 0.15) is 6.07 Å². The van der Waals surface area contributed by atoms with E-state index in [9.17, 15) is 0 Å². The molecule has 0 saturated heterocycles. The van der Waals surface area contributed by atoms with Crippen molar-refractivity contribution in [1.29, 1.82) is 5.26 Å². The molecular weight excluding hydrogens is 268 g/mol. The molecule has 5 heteroatoms. The van der Waals surface area contributed by atoms with Crippen molar-refractivity contribution in [2.24, 2.45) is 5.73 Å². The smallest absolute Gasteiger partial charge is 0.204 e. The van der Waals surface area contributed by atoms with Gasteiger partial charge in [-0.05, 0) is 37.0 Å². The second-order valence-corrected chi connectivity index (χ2v) is 4.85. The number of rotatable bonds is 8. The summed E-state index contributed by atoms with van der Waals surface area (Å²) in [7, 11) is 3.14. The molecule has 2 atom stereocenters. The summed E-state index contributed by atoms with van der Waals surface area (Å²) in [6, 6.07) is 5.97. The molecule has 21 heavy (non-hydrogen) atoms. The van der Waals surface area contributed by atoms with Crippen molar-refractivity contribution in [3.8, 4) is 23.3 Å². The molecule has 2 N–H and O–H groups in total. The molecule has 1 rings (SSSR count). The summed E-state index contributed by atoms with van der Waals surface area (Å²) >= 11 is 0. The molecule has 1 aromatic rings. The third-order valence-corrected chi connectivity index (χ3v) is 3.32. The fourth-order valence-electron chi connectivity index (χ4n) is 1.96. The molecule has 0 aliphatic heterocycles. The number of benzene rings is 1. The normalized spacial score (nSPS) is 13.1. The van der Waals surface area contributed by atoms with Crippen molar-refractivity contribution < 1.29 is 14.2 Å². The van der Waals surface area contributed by atoms with E-state index in [0.717, 1.165) is 18.4 Å². The number of ether oxygens (including phenoxy) is 3. The highest BCUT2D eigenvalue weighted by Gasteiger charge is 2.18. The summed E-state index contributed by atoms with van der Waals surface area (Å²) in [5, 5.41) is 9.05. The number of hydrogen-bond donors (Lipinski definition) is 1. The quantitative estimate of drug-likeness (QED) is 0.797. The Hall–Kier alpha value is -1.93. The predicted molar refractivity (Wildman–Crippen MR) is 81.8 cm³/mol. The molecule has 0 bridgehead atoms. The number of nitrogens with zero attached hydrogens (tertiary/aromatic N) is 1. The molecule has 1 aromatic carbocycles. The summed E-state index contributed by atoms with van der Waals surface area (Å²) < 4.78 is 16.5. The summed E-state index contributed by atoms with van der Waals surface area (Å²) in [5.74, 6) is 1.57. The number of methoxy groups -OCH3 is 2. The first-order chi connectivity index (χ1) is 10.1. The average molecular weight is 292 g/mol. The maximum atomic E-state index is 9.05. The van der Waals surface area contributed by atoms with E-state index in [-0.39, 0.29) is 6.04 Å². The van der Waals surface area contributed by atoms with Crippen LogP contribution in [0.25, 0.3) is 0 Å². The van der Waals surface area contributed by atoms with E-state index in [1.807, 2.05) is 19.1 Å². The Morgan fingerprint density at radius 1 is 1.14 bits per heavy atom. The first-order valence-electron chi connectivity index (χ1n) is 7.16. The number of nitrogens with two attached hydrogens (primary N) is 1. The van der Waals surface area contributed by atoms with Crippen LogP contribution in [0.2, 0.25) is 0 Å². The zero-order valence-electron chi connectivity index (χ0n) is 13.2. The molecule has 0 fully saturated rings. The van der Waals surface area contributed by atoms with Gasteiger partial charge in [-0.15, -0.1) is 0 Å². The Morgan fingerprint density at radius 3 is 2.10 bits per heavy atom. The van der Waals surface area contributed by atoms with Crippen LogP contribution in [0.1, 0.15) is 32.3 Å². The Balaban J connectivity index is 3.15. The Labute approximate surface area is 126 Å². The van der Waals surface area contributed by atoms with Crippen LogP contribution >= 0.6 is 0 Å². The van der Waals surface area contributed by atoms with Gasteiger partial charge in [-0.3, -0.25) is 0 Å². The fraction of sp³-hybridized carbons (Fsp3) is 0.562. The highest BCUT2D eigenvalue weighted by Crippen LogP contribution is 2.39. The van der Waals surface area contributed by atoms with E-state index < -0.39 is 6.10 Å². The van der Waals surface area contributed by atoms with Crippen LogP contribution < -0.4 is 19.9 Å². The monoisotopic (exact) mass is 292 g/mol. The van der Waals surface area contributed by atoms with Gasteiger partial charge in [0.05, 0.1) is 14.2 Å². The van der Waals surface area contributed by atoms with Crippen molar-refractivity contribution in [1.82, 2.24) is 0 Å². The van der Waals surface area contributed by atoms with Gasteiger partial charge in [-0.1, -0.05) is 13.8 Å². The van der Waals surface area contributed by atoms with Crippen molar-refractivity contribution >= 4 is 0 Å². The molecule has 0 aliphatic rings. The van der Waals surface area contributed by atoms with E-state index in [1.54, 1.807) is 14.2 Å². The maximum absolute atomic E-state index is 9.05. The third-order valence-electron chi connectivity index (χ3n) is 3.32. The molecule has 0 aliphatic carbocycles. The van der Waals surface area contributed by atoms with Crippen molar-refractivity contribution in [2.45, 2.75) is 45.3 Å². The molecule has 0 amide bonds. The Morgan fingerprint density at radius 2 is 1.71 bits per heavy atom. The van der Waals surface area contributed by atoms with Gasteiger partial charge in [-0.2, -0.15) is 5.26 Å². The summed E-state index contributed by atoms with van der Waals surface area (Å²) in [6.07, 6.45) is 1.69. The van der Waals surface area contributed by atoms with Crippen LogP contribution in [0, 0.1) is 11.3 Å². The van der Waals surface area contributed by atoms with E-state index in [2.05, 4.69) is 13.0 Å². The molecule has 116 valence electrons. The zero-order valence-corrected chi connectivity index (χ0v) is 13.2. The van der Waals surface area contributed by atoms with E-state index in [0.29, 0.717) is 23.7 Å². The topological polar surface area (TPSA) is 77.5 Å². The largest absolute Gasteiger partial charge is 0.493 e. The van der Waals surface area contributed by atoms with Gasteiger partial charge < -0.3 is 19.9 Å². The molecular formula is C16H24N2O3. The maximum Gasteiger partial charge on any atom is 0.204 e. The van der Waals surface area contributed by atoms with E-state index >= 15 is 0 Å². The molecule has 0 saturated carbocycles. The molecule has 0 spiro atoms. The summed E-state index contributed by atoms with van der Waals surface area (Å²) in [5.41, 5.74) is 7.02. The van der Waals surface area contributed by atoms with Crippen molar-refractivity contribution in [3.63, 3.8) is 0 Å². The zero-order chi connectivity index (χ0) is 15.8. The van der Waals surface area contributed by atoms with Gasteiger partial charge >= 0.3 is 0 Å². The van der Waals surface area contributed by atoms with Crippen LogP contribution in [0.15, 0.2) is 12.1 Å². The fourth-order valence-corrected chi connectivity index (χ4v) is 1.96. The number of nitriles is 1. The van der Waals surface area contributed by atoms with Crippen LogP contribution in [-0.2, 0) is 6.42 Å². The molecule has 5 nitrogen and oxygen atoms in total. The Kier molecular flexibility index (Phi) is 6.83. The van der Waals surface area contributed by atoms with E-state index in [1.165, 1.54) is 0 Å². The molecule has 0 radical (unpaired) electrons. The van der Waals surface area contributed by atoms with Crippen LogP contribution in [-0.4, -0.2) is 26.4 Å². The lowest BCUT2D eigenvalue weighted by Gasteiger charge is -2.19. The van der Waals surface area contributed by atoms with Crippen LogP contribution in [0.3, 0.4) is 0 Å². The van der Waals surface area contributed by atoms with Crippen molar-refractivity contribution in [3.05, 3.63) is 17.7 Å². The lowest BCUT2D eigenvalue weighted by molar-refractivity contribution is 0.226. The van der Waals surface area contributed by atoms with Gasteiger partial charge in [0.15, 0.2) is 17.6 Å². The first kappa shape index (κ1) is 17.1. The third kappa shape index (κ3) is 4.54. The van der Waals surface area contributed by atoms with E-state index in [4.69, 9.17) is 25.2 Å². The van der Waals surface area contributed by atoms with Gasteiger partial charge in [0.25, 0.3) is 0 Å². The van der Waals surface area contributed by atoms with Crippen LogP contribution in [0.4, 0.5) is 0 Å².